The van der Waals surface area contributed by atoms with Gasteiger partial charge in [-0.1, -0.05) is 13.8 Å². The van der Waals surface area contributed by atoms with Crippen LogP contribution in [0.4, 0.5) is 0 Å². The van der Waals surface area contributed by atoms with E-state index < -0.39 is 0 Å². The van der Waals surface area contributed by atoms with Crippen LogP contribution in [-0.2, 0) is 11.2 Å². The molecule has 86 valence electrons. The second-order valence-electron chi connectivity index (χ2n) is 4.04. The molecule has 0 radical (unpaired) electrons. The number of ether oxygens (including phenoxy) is 1. The van der Waals surface area contributed by atoms with Gasteiger partial charge in [0.2, 0.25) is 0 Å². The van der Waals surface area contributed by atoms with E-state index in [1.54, 1.807) is 18.4 Å². The highest BCUT2D eigenvalue weighted by Crippen LogP contribution is 2.29. The number of aromatic nitrogens is 1. The molecule has 0 aliphatic rings. The van der Waals surface area contributed by atoms with Crippen molar-refractivity contribution in [3.8, 4) is 0 Å². The molecular formula is C11H20N2OS. The molecule has 0 spiro atoms. The normalized spacial score (nSPS) is 13.5. The molecular weight excluding hydrogens is 208 g/mol. The first-order chi connectivity index (χ1) is 7.06. The minimum Gasteiger partial charge on any atom is -0.384 e. The Balaban J connectivity index is 2.88. The van der Waals surface area contributed by atoms with Crippen molar-refractivity contribution in [1.29, 1.82) is 0 Å². The monoisotopic (exact) mass is 228 g/mol. The van der Waals surface area contributed by atoms with Crippen molar-refractivity contribution >= 4 is 11.3 Å². The van der Waals surface area contributed by atoms with Crippen LogP contribution < -0.4 is 5.73 Å². The van der Waals surface area contributed by atoms with E-state index in [0.717, 1.165) is 23.7 Å². The molecule has 1 unspecified atom stereocenters. The third kappa shape index (κ3) is 3.26. The summed E-state index contributed by atoms with van der Waals surface area (Å²) >= 11 is 1.72. The summed E-state index contributed by atoms with van der Waals surface area (Å²) in [7, 11) is 1.71. The first-order valence-electron chi connectivity index (χ1n) is 5.30. The van der Waals surface area contributed by atoms with Crippen molar-refractivity contribution in [3.05, 3.63) is 15.6 Å². The summed E-state index contributed by atoms with van der Waals surface area (Å²) in [5, 5.41) is 1.13. The maximum Gasteiger partial charge on any atom is 0.0954 e. The summed E-state index contributed by atoms with van der Waals surface area (Å²) in [5.41, 5.74) is 7.09. The second kappa shape index (κ2) is 5.58. The maximum atomic E-state index is 5.93. The third-order valence-corrected chi connectivity index (χ3v) is 3.54. The maximum absolute atomic E-state index is 5.93. The number of hydrogen-bond acceptors (Lipinski definition) is 4. The molecule has 0 saturated heterocycles. The number of rotatable bonds is 5. The Morgan fingerprint density at radius 3 is 2.47 bits per heavy atom. The Morgan fingerprint density at radius 2 is 2.07 bits per heavy atom. The molecule has 4 heteroatoms. The number of nitrogens with two attached hydrogens (primary N) is 1. The smallest absolute Gasteiger partial charge is 0.0954 e. The van der Waals surface area contributed by atoms with E-state index in [0.29, 0.717) is 5.92 Å². The van der Waals surface area contributed by atoms with Crippen LogP contribution in [0.1, 0.15) is 48.3 Å². The van der Waals surface area contributed by atoms with Gasteiger partial charge in [0, 0.05) is 24.4 Å². The Labute approximate surface area is 95.7 Å². The number of methoxy groups -OCH3 is 1. The number of thiazole rings is 1. The first-order valence-corrected chi connectivity index (χ1v) is 6.12. The van der Waals surface area contributed by atoms with Crippen LogP contribution in [0.15, 0.2) is 0 Å². The average molecular weight is 228 g/mol. The SMILES string of the molecule is COCCc1nc(C(C)C)c(C(C)N)s1. The van der Waals surface area contributed by atoms with Gasteiger partial charge in [-0.3, -0.25) is 0 Å². The zero-order valence-corrected chi connectivity index (χ0v) is 10.7. The van der Waals surface area contributed by atoms with Gasteiger partial charge in [0.1, 0.15) is 0 Å². The Kier molecular flexibility index (Phi) is 4.70. The van der Waals surface area contributed by atoms with Gasteiger partial charge in [-0.15, -0.1) is 11.3 Å². The Morgan fingerprint density at radius 1 is 1.40 bits per heavy atom. The summed E-state index contributed by atoms with van der Waals surface area (Å²) in [5.74, 6) is 0.443. The molecule has 0 bridgehead atoms. The fourth-order valence-electron chi connectivity index (χ4n) is 1.43. The molecule has 1 atom stereocenters. The minimum absolute atomic E-state index is 0.0798. The van der Waals surface area contributed by atoms with Crippen molar-refractivity contribution in [2.75, 3.05) is 13.7 Å². The van der Waals surface area contributed by atoms with E-state index in [4.69, 9.17) is 10.5 Å². The lowest BCUT2D eigenvalue weighted by molar-refractivity contribution is 0.202. The topological polar surface area (TPSA) is 48.1 Å². The van der Waals surface area contributed by atoms with Crippen LogP contribution >= 0.6 is 11.3 Å². The van der Waals surface area contributed by atoms with Crippen molar-refractivity contribution in [2.24, 2.45) is 5.73 Å². The summed E-state index contributed by atoms with van der Waals surface area (Å²) in [6.45, 7) is 7.05. The molecule has 0 aliphatic carbocycles. The van der Waals surface area contributed by atoms with Gasteiger partial charge >= 0.3 is 0 Å². The van der Waals surface area contributed by atoms with E-state index in [9.17, 15) is 0 Å². The van der Waals surface area contributed by atoms with Gasteiger partial charge in [0.05, 0.1) is 17.3 Å². The molecule has 0 saturated carbocycles. The Bertz CT molecular complexity index is 282. The average Bonchev–Trinajstić information content (AvgIpc) is 2.58. The molecule has 15 heavy (non-hydrogen) atoms. The van der Waals surface area contributed by atoms with Gasteiger partial charge in [0.25, 0.3) is 0 Å². The third-order valence-electron chi connectivity index (χ3n) is 2.21. The molecule has 1 heterocycles. The largest absolute Gasteiger partial charge is 0.384 e. The summed E-state index contributed by atoms with van der Waals surface area (Å²) < 4.78 is 5.05. The molecule has 1 aromatic rings. The van der Waals surface area contributed by atoms with E-state index in [1.165, 1.54) is 4.88 Å². The van der Waals surface area contributed by atoms with Crippen molar-refractivity contribution in [2.45, 2.75) is 39.2 Å². The Hall–Kier alpha value is -0.450. The van der Waals surface area contributed by atoms with Crippen LogP contribution in [0.2, 0.25) is 0 Å². The fourth-order valence-corrected chi connectivity index (χ4v) is 2.58. The van der Waals surface area contributed by atoms with Gasteiger partial charge in [-0.25, -0.2) is 4.98 Å². The van der Waals surface area contributed by atoms with Crippen LogP contribution in [-0.4, -0.2) is 18.7 Å². The molecule has 1 rings (SSSR count). The molecule has 3 nitrogen and oxygen atoms in total. The predicted octanol–water partition coefficient (Wildman–Crippen LogP) is 2.48. The zero-order chi connectivity index (χ0) is 11.4. The molecule has 2 N–H and O–H groups in total. The van der Waals surface area contributed by atoms with E-state index in [2.05, 4.69) is 18.8 Å². The number of nitrogens with zero attached hydrogens (tertiary/aromatic N) is 1. The van der Waals surface area contributed by atoms with Crippen molar-refractivity contribution in [1.82, 2.24) is 4.98 Å². The lowest BCUT2D eigenvalue weighted by Gasteiger charge is -2.07. The molecule has 0 fully saturated rings. The summed E-state index contributed by atoms with van der Waals surface area (Å²) in [6.07, 6.45) is 0.883. The highest BCUT2D eigenvalue weighted by molar-refractivity contribution is 7.11. The van der Waals surface area contributed by atoms with Gasteiger partial charge < -0.3 is 10.5 Å². The highest BCUT2D eigenvalue weighted by Gasteiger charge is 2.16. The standard InChI is InChI=1S/C11H20N2OS/c1-7(2)10-11(8(3)12)15-9(13-10)5-6-14-4/h7-8H,5-6,12H2,1-4H3. The van der Waals surface area contributed by atoms with E-state index in [-0.39, 0.29) is 6.04 Å². The fraction of sp³-hybridized carbons (Fsp3) is 0.727. The molecule has 0 aliphatic heterocycles. The zero-order valence-electron chi connectivity index (χ0n) is 9.91. The predicted molar refractivity (Wildman–Crippen MR) is 64.4 cm³/mol. The minimum atomic E-state index is 0.0798. The van der Waals surface area contributed by atoms with E-state index >= 15 is 0 Å². The quantitative estimate of drug-likeness (QED) is 0.842. The lowest BCUT2D eigenvalue weighted by atomic mass is 10.1. The lowest BCUT2D eigenvalue weighted by Crippen LogP contribution is -2.06. The molecule has 0 aromatic carbocycles. The summed E-state index contributed by atoms with van der Waals surface area (Å²) in [6, 6.07) is 0.0798. The van der Waals surface area contributed by atoms with Gasteiger partial charge in [-0.2, -0.15) is 0 Å². The van der Waals surface area contributed by atoms with Crippen LogP contribution in [0.5, 0.6) is 0 Å². The second-order valence-corrected chi connectivity index (χ2v) is 5.16. The highest BCUT2D eigenvalue weighted by atomic mass is 32.1. The van der Waals surface area contributed by atoms with Crippen LogP contribution in [0, 0.1) is 0 Å². The first kappa shape index (κ1) is 12.6. The number of hydrogen-bond donors (Lipinski definition) is 1. The van der Waals surface area contributed by atoms with Gasteiger partial charge in [0.15, 0.2) is 0 Å². The molecule has 1 aromatic heterocycles. The van der Waals surface area contributed by atoms with E-state index in [1.807, 2.05) is 6.92 Å². The molecule has 0 amide bonds. The van der Waals surface area contributed by atoms with Crippen molar-refractivity contribution < 1.29 is 4.74 Å². The van der Waals surface area contributed by atoms with Crippen LogP contribution in [0.25, 0.3) is 0 Å². The van der Waals surface area contributed by atoms with Crippen LogP contribution in [0.3, 0.4) is 0 Å². The van der Waals surface area contributed by atoms with Gasteiger partial charge in [-0.05, 0) is 12.8 Å². The van der Waals surface area contributed by atoms with Crippen molar-refractivity contribution in [3.63, 3.8) is 0 Å². The summed E-state index contributed by atoms with van der Waals surface area (Å²) in [4.78, 5) is 5.85.